The summed E-state index contributed by atoms with van der Waals surface area (Å²) in [4.78, 5) is 13.8. The number of benzene rings is 1. The smallest absolute Gasteiger partial charge is 0.420 e. The maximum atomic E-state index is 14.5. The fraction of sp³-hybridized carbons (Fsp3) is 0.545. The number of carbonyl (C=O) groups is 1. The molecule has 1 aromatic carbocycles. The topological polar surface area (TPSA) is 47.4 Å². The van der Waals surface area contributed by atoms with Crippen molar-refractivity contribution in [2.75, 3.05) is 13.1 Å². The van der Waals surface area contributed by atoms with E-state index in [-0.39, 0.29) is 28.8 Å². The van der Waals surface area contributed by atoms with Gasteiger partial charge in [0.1, 0.15) is 17.0 Å². The van der Waals surface area contributed by atoms with Crippen molar-refractivity contribution in [3.8, 4) is 11.3 Å². The predicted octanol–water partition coefficient (Wildman–Crippen LogP) is 5.59. The number of hydrogen-bond acceptors (Lipinski definition) is 3. The third kappa shape index (κ3) is 4.02. The van der Waals surface area contributed by atoms with Crippen molar-refractivity contribution in [3.63, 3.8) is 0 Å². The quantitative estimate of drug-likeness (QED) is 0.574. The molecule has 0 N–H and O–H groups in total. The molecule has 2 aromatic rings. The van der Waals surface area contributed by atoms with Crippen molar-refractivity contribution < 1.29 is 27.1 Å². The number of aromatic nitrogens is 2. The molecule has 0 radical (unpaired) electrons. The summed E-state index contributed by atoms with van der Waals surface area (Å²) in [6.45, 7) is 8.08. The molecule has 0 atom stereocenters. The maximum absolute atomic E-state index is 14.5. The Balaban J connectivity index is 1.55. The lowest BCUT2D eigenvalue weighted by Gasteiger charge is -2.58. The van der Waals surface area contributed by atoms with E-state index in [2.05, 4.69) is 5.10 Å². The first-order valence-corrected chi connectivity index (χ1v) is 10.2. The Bertz CT molecular complexity index is 1010. The second-order valence-corrected chi connectivity index (χ2v) is 9.73. The molecule has 1 amide bonds. The molecule has 9 heteroatoms. The van der Waals surface area contributed by atoms with Gasteiger partial charge in [0.05, 0.1) is 17.9 Å². The van der Waals surface area contributed by atoms with E-state index >= 15 is 0 Å². The van der Waals surface area contributed by atoms with Gasteiger partial charge in [0.25, 0.3) is 0 Å². The lowest BCUT2D eigenvalue weighted by atomic mass is 9.60. The summed E-state index contributed by atoms with van der Waals surface area (Å²) in [7, 11) is 0. The zero-order chi connectivity index (χ0) is 22.8. The Hall–Kier alpha value is -2.58. The molecule has 0 unspecified atom stereocenters. The minimum absolute atomic E-state index is 0.102. The van der Waals surface area contributed by atoms with E-state index in [9.17, 15) is 22.4 Å². The molecule has 1 spiro atoms. The minimum atomic E-state index is -4.64. The number of hydrogen-bond donors (Lipinski definition) is 0. The van der Waals surface area contributed by atoms with E-state index in [1.165, 1.54) is 22.9 Å². The Kier molecular flexibility index (Phi) is 4.86. The Morgan fingerprint density at radius 3 is 2.42 bits per heavy atom. The van der Waals surface area contributed by atoms with Gasteiger partial charge in [-0.25, -0.2) is 9.18 Å². The van der Waals surface area contributed by atoms with E-state index in [0.29, 0.717) is 31.5 Å². The molecule has 1 aliphatic carbocycles. The average molecular weight is 439 g/mol. The van der Waals surface area contributed by atoms with Gasteiger partial charge in [-0.15, -0.1) is 0 Å². The first-order chi connectivity index (χ1) is 14.3. The van der Waals surface area contributed by atoms with Gasteiger partial charge in [0, 0.05) is 24.1 Å². The molecule has 1 saturated heterocycles. The first-order valence-electron chi connectivity index (χ1n) is 10.2. The van der Waals surface area contributed by atoms with Crippen LogP contribution >= 0.6 is 0 Å². The monoisotopic (exact) mass is 439 g/mol. The third-order valence-electron chi connectivity index (χ3n) is 5.87. The van der Waals surface area contributed by atoms with Crippen molar-refractivity contribution in [2.24, 2.45) is 5.41 Å². The van der Waals surface area contributed by atoms with E-state index in [1.807, 2.05) is 0 Å². The highest BCUT2D eigenvalue weighted by Crippen LogP contribution is 2.55. The highest BCUT2D eigenvalue weighted by atomic mass is 19.4. The van der Waals surface area contributed by atoms with Crippen LogP contribution in [0.4, 0.5) is 22.4 Å². The highest BCUT2D eigenvalue weighted by molar-refractivity contribution is 5.70. The molecule has 2 aliphatic rings. The second-order valence-electron chi connectivity index (χ2n) is 9.73. The molecule has 4 rings (SSSR count). The van der Waals surface area contributed by atoms with Crippen LogP contribution in [0.5, 0.6) is 0 Å². The van der Waals surface area contributed by atoms with Gasteiger partial charge in [-0.2, -0.15) is 18.3 Å². The SMILES string of the molecule is Cc1ccc(F)c(-c2c(C(F)(F)F)cnn2C2CC3(C2)CN(C(=O)OC(C)(C)C)C3)c1. The largest absolute Gasteiger partial charge is 0.444 e. The molecule has 0 bridgehead atoms. The summed E-state index contributed by atoms with van der Waals surface area (Å²) in [6, 6.07) is 3.83. The van der Waals surface area contributed by atoms with Crippen LogP contribution in [0.15, 0.2) is 24.4 Å². The number of rotatable bonds is 2. The van der Waals surface area contributed by atoms with Gasteiger partial charge < -0.3 is 9.64 Å². The summed E-state index contributed by atoms with van der Waals surface area (Å²) < 4.78 is 62.1. The van der Waals surface area contributed by atoms with Crippen LogP contribution in [0, 0.1) is 18.2 Å². The molecular formula is C22H25F4N3O2. The molecule has 2 heterocycles. The van der Waals surface area contributed by atoms with Crippen LogP contribution in [0.1, 0.15) is 50.8 Å². The summed E-state index contributed by atoms with van der Waals surface area (Å²) in [5.41, 5.74) is -1.35. The van der Waals surface area contributed by atoms with E-state index in [4.69, 9.17) is 4.74 Å². The van der Waals surface area contributed by atoms with Gasteiger partial charge in [0.15, 0.2) is 0 Å². The van der Waals surface area contributed by atoms with Crippen molar-refractivity contribution in [1.82, 2.24) is 14.7 Å². The van der Waals surface area contributed by atoms with Gasteiger partial charge in [-0.05, 0) is 52.7 Å². The fourth-order valence-electron chi connectivity index (χ4n) is 4.53. The summed E-state index contributed by atoms with van der Waals surface area (Å²) in [5, 5.41) is 4.00. The standard InChI is InChI=1S/C22H25F4N3O2/c1-13-5-6-17(23)15(7-13)18-16(22(24,25)26)10-27-29(18)14-8-21(9-14)11-28(12-21)19(30)31-20(2,3)4/h5-7,10,14H,8-9,11-12H2,1-4H3. The fourth-order valence-corrected chi connectivity index (χ4v) is 4.53. The lowest BCUT2D eigenvalue weighted by Crippen LogP contribution is -2.64. The normalized spacial score (nSPS) is 18.6. The number of ether oxygens (including phenoxy) is 1. The molecule has 5 nitrogen and oxygen atoms in total. The van der Waals surface area contributed by atoms with Gasteiger partial charge in [0.2, 0.25) is 0 Å². The molecule has 1 aliphatic heterocycles. The van der Waals surface area contributed by atoms with Crippen LogP contribution in [0.25, 0.3) is 11.3 Å². The highest BCUT2D eigenvalue weighted by Gasteiger charge is 2.56. The molecular weight excluding hydrogens is 414 g/mol. The van der Waals surface area contributed by atoms with Crippen LogP contribution in [-0.2, 0) is 10.9 Å². The number of aryl methyl sites for hydroxylation is 1. The van der Waals surface area contributed by atoms with Crippen LogP contribution in [0.3, 0.4) is 0 Å². The second kappa shape index (κ2) is 6.97. The van der Waals surface area contributed by atoms with Crippen molar-refractivity contribution >= 4 is 6.09 Å². The van der Waals surface area contributed by atoms with Crippen LogP contribution in [0.2, 0.25) is 0 Å². The molecule has 1 saturated carbocycles. The van der Waals surface area contributed by atoms with E-state index in [0.717, 1.165) is 6.20 Å². The van der Waals surface area contributed by atoms with E-state index in [1.54, 1.807) is 32.6 Å². The Labute approximate surface area is 178 Å². The number of nitrogens with zero attached hydrogens (tertiary/aromatic N) is 3. The van der Waals surface area contributed by atoms with Crippen molar-refractivity contribution in [3.05, 3.63) is 41.3 Å². The number of alkyl halides is 3. The third-order valence-corrected chi connectivity index (χ3v) is 5.87. The van der Waals surface area contributed by atoms with Crippen molar-refractivity contribution in [1.29, 1.82) is 0 Å². The maximum Gasteiger partial charge on any atom is 0.420 e. The zero-order valence-electron chi connectivity index (χ0n) is 17.9. The zero-order valence-corrected chi connectivity index (χ0v) is 17.9. The van der Waals surface area contributed by atoms with Crippen molar-refractivity contribution in [2.45, 2.75) is 58.4 Å². The predicted molar refractivity (Wildman–Crippen MR) is 106 cm³/mol. The minimum Gasteiger partial charge on any atom is -0.444 e. The lowest BCUT2D eigenvalue weighted by molar-refractivity contribution is -0.137. The molecule has 168 valence electrons. The van der Waals surface area contributed by atoms with Gasteiger partial charge in [-0.1, -0.05) is 11.6 Å². The Morgan fingerprint density at radius 1 is 1.19 bits per heavy atom. The van der Waals surface area contributed by atoms with E-state index < -0.39 is 23.2 Å². The number of halogens is 4. The molecule has 2 fully saturated rings. The number of likely N-dealkylation sites (tertiary alicyclic amines) is 1. The van der Waals surface area contributed by atoms with Crippen LogP contribution in [-0.4, -0.2) is 39.5 Å². The van der Waals surface area contributed by atoms with Crippen LogP contribution < -0.4 is 0 Å². The number of carbonyl (C=O) groups excluding carboxylic acids is 1. The first kappa shape index (κ1) is 21.6. The Morgan fingerprint density at radius 2 is 1.84 bits per heavy atom. The molecule has 1 aromatic heterocycles. The number of amides is 1. The van der Waals surface area contributed by atoms with Gasteiger partial charge in [-0.3, -0.25) is 4.68 Å². The summed E-state index contributed by atoms with van der Waals surface area (Å²) in [6.07, 6.45) is -3.11. The average Bonchev–Trinajstić information content (AvgIpc) is 2.97. The summed E-state index contributed by atoms with van der Waals surface area (Å²) >= 11 is 0. The molecule has 31 heavy (non-hydrogen) atoms. The van der Waals surface area contributed by atoms with Gasteiger partial charge >= 0.3 is 12.3 Å². The summed E-state index contributed by atoms with van der Waals surface area (Å²) in [5.74, 6) is -0.716.